The van der Waals surface area contributed by atoms with Crippen molar-refractivity contribution in [2.24, 2.45) is 12.5 Å². The van der Waals surface area contributed by atoms with E-state index in [0.717, 1.165) is 16.8 Å². The molecular weight excluding hydrogens is 254 g/mol. The molecule has 1 heteroatoms. The monoisotopic (exact) mass is 284 g/mol. The van der Waals surface area contributed by atoms with Crippen LogP contribution in [-0.4, -0.2) is 0 Å². The largest absolute Gasteiger partial charge is 0.212 e. The Kier molecular flexibility index (Phi) is 3.50. The second-order valence-electron chi connectivity index (χ2n) is 7.06. The van der Waals surface area contributed by atoms with E-state index in [1.807, 2.05) is 45.5 Å². The van der Waals surface area contributed by atoms with Crippen LogP contribution in [0.25, 0.3) is 11.3 Å². The molecule has 0 N–H and O–H groups in total. The molecule has 0 atom stereocenters. The van der Waals surface area contributed by atoms with Crippen molar-refractivity contribution in [1.29, 1.82) is 0 Å². The average Bonchev–Trinajstić information content (AvgIpc) is 2.40. The molecule has 21 heavy (non-hydrogen) atoms. The Bertz CT molecular complexity index is 740. The SMILES string of the molecule is [2H]C([2H])(c1c[n+](C)c(-c2ccc(C)cc2C)cc1C)C(C)(C)C. The standard InChI is InChI=1S/C20H28N/c1-14-8-9-18(16(3)10-14)19-11-15(2)17(13-21(19)7)12-20(4,5)6/h8-11,13H,12H2,1-7H3/q+1/i12D2. The van der Waals surface area contributed by atoms with Crippen LogP contribution in [-0.2, 0) is 13.4 Å². The van der Waals surface area contributed by atoms with Gasteiger partial charge in [-0.15, -0.1) is 0 Å². The summed E-state index contributed by atoms with van der Waals surface area (Å²) in [7, 11) is 2.00. The van der Waals surface area contributed by atoms with Gasteiger partial charge in [-0.1, -0.05) is 38.5 Å². The third kappa shape index (κ3) is 3.72. The molecule has 2 aromatic rings. The molecule has 0 amide bonds. The zero-order chi connectivity index (χ0) is 17.6. The minimum Gasteiger partial charge on any atom is -0.201 e. The summed E-state index contributed by atoms with van der Waals surface area (Å²) < 4.78 is 19.2. The number of hydrogen-bond donors (Lipinski definition) is 0. The summed E-state index contributed by atoms with van der Waals surface area (Å²) in [4.78, 5) is 0. The van der Waals surface area contributed by atoms with Crippen LogP contribution in [0.1, 0.15) is 45.8 Å². The van der Waals surface area contributed by atoms with Crippen molar-refractivity contribution in [3.05, 3.63) is 52.7 Å². The maximum Gasteiger partial charge on any atom is 0.212 e. The lowest BCUT2D eigenvalue weighted by Crippen LogP contribution is -2.32. The Morgan fingerprint density at radius 1 is 1.05 bits per heavy atom. The maximum atomic E-state index is 8.56. The van der Waals surface area contributed by atoms with E-state index >= 15 is 0 Å². The van der Waals surface area contributed by atoms with Gasteiger partial charge in [-0.2, -0.15) is 0 Å². The van der Waals surface area contributed by atoms with Gasteiger partial charge in [0.15, 0.2) is 6.20 Å². The van der Waals surface area contributed by atoms with Crippen LogP contribution < -0.4 is 4.57 Å². The highest BCUT2D eigenvalue weighted by atomic mass is 14.9. The Labute approximate surface area is 132 Å². The van der Waals surface area contributed by atoms with E-state index in [-0.39, 0.29) is 0 Å². The van der Waals surface area contributed by atoms with Crippen molar-refractivity contribution >= 4 is 0 Å². The predicted molar refractivity (Wildman–Crippen MR) is 90.4 cm³/mol. The lowest BCUT2D eigenvalue weighted by molar-refractivity contribution is -0.660. The quantitative estimate of drug-likeness (QED) is 0.704. The van der Waals surface area contributed by atoms with Crippen molar-refractivity contribution in [1.82, 2.24) is 0 Å². The van der Waals surface area contributed by atoms with E-state index in [4.69, 9.17) is 2.74 Å². The summed E-state index contributed by atoms with van der Waals surface area (Å²) in [5.74, 6) is 0. The first-order valence-electron chi connectivity index (χ1n) is 8.53. The van der Waals surface area contributed by atoms with Gasteiger partial charge in [0.1, 0.15) is 7.05 Å². The summed E-state index contributed by atoms with van der Waals surface area (Å²) in [6.07, 6.45) is 0.574. The van der Waals surface area contributed by atoms with Gasteiger partial charge in [-0.3, -0.25) is 0 Å². The van der Waals surface area contributed by atoms with Gasteiger partial charge in [0, 0.05) is 19.9 Å². The first-order chi connectivity index (χ1) is 10.4. The molecule has 1 heterocycles. The highest BCUT2D eigenvalue weighted by molar-refractivity contribution is 5.62. The number of aryl methyl sites for hydroxylation is 4. The third-order valence-electron chi connectivity index (χ3n) is 3.65. The van der Waals surface area contributed by atoms with Crippen molar-refractivity contribution in [3.63, 3.8) is 0 Å². The van der Waals surface area contributed by atoms with E-state index in [2.05, 4.69) is 38.1 Å². The molecule has 1 aromatic carbocycles. The highest BCUT2D eigenvalue weighted by Gasteiger charge is 2.19. The second-order valence-corrected chi connectivity index (χ2v) is 7.06. The van der Waals surface area contributed by atoms with E-state index < -0.39 is 11.8 Å². The number of hydrogen-bond acceptors (Lipinski definition) is 0. The zero-order valence-electron chi connectivity index (χ0n) is 16.3. The number of benzene rings is 1. The van der Waals surface area contributed by atoms with Gasteiger partial charge in [0.2, 0.25) is 5.69 Å². The third-order valence-corrected chi connectivity index (χ3v) is 3.65. The molecule has 0 bridgehead atoms. The Morgan fingerprint density at radius 2 is 1.71 bits per heavy atom. The Morgan fingerprint density at radius 3 is 2.29 bits per heavy atom. The normalized spacial score (nSPS) is 13.9. The lowest BCUT2D eigenvalue weighted by atomic mass is 9.87. The minimum absolute atomic E-state index is 0.452. The van der Waals surface area contributed by atoms with Crippen LogP contribution in [0.5, 0.6) is 0 Å². The van der Waals surface area contributed by atoms with Crippen molar-refractivity contribution in [2.45, 2.75) is 47.9 Å². The smallest absolute Gasteiger partial charge is 0.201 e. The van der Waals surface area contributed by atoms with Crippen molar-refractivity contribution in [3.8, 4) is 11.3 Å². The molecular formula is C20H28N+. The number of aromatic nitrogens is 1. The van der Waals surface area contributed by atoms with E-state index in [1.165, 1.54) is 16.7 Å². The molecule has 2 rings (SSSR count). The second kappa shape index (κ2) is 5.63. The van der Waals surface area contributed by atoms with Gasteiger partial charge >= 0.3 is 0 Å². The van der Waals surface area contributed by atoms with Crippen molar-refractivity contribution in [2.75, 3.05) is 0 Å². The first-order valence-corrected chi connectivity index (χ1v) is 7.53. The molecule has 0 spiro atoms. The van der Waals surface area contributed by atoms with E-state index in [1.54, 1.807) is 0 Å². The average molecular weight is 284 g/mol. The summed E-state index contributed by atoms with van der Waals surface area (Å²) >= 11 is 0. The summed E-state index contributed by atoms with van der Waals surface area (Å²) in [5.41, 5.74) is 6.13. The van der Waals surface area contributed by atoms with Crippen LogP contribution in [0.2, 0.25) is 0 Å². The molecule has 0 saturated carbocycles. The van der Waals surface area contributed by atoms with Crippen LogP contribution in [0.3, 0.4) is 0 Å². The van der Waals surface area contributed by atoms with Crippen molar-refractivity contribution < 1.29 is 7.31 Å². The molecule has 0 unspecified atom stereocenters. The fourth-order valence-electron chi connectivity index (χ4n) is 2.65. The molecule has 1 aromatic heterocycles. The molecule has 1 nitrogen and oxygen atoms in total. The van der Waals surface area contributed by atoms with Crippen LogP contribution >= 0.6 is 0 Å². The lowest BCUT2D eigenvalue weighted by Gasteiger charge is -2.19. The Hall–Kier alpha value is -1.63. The van der Waals surface area contributed by atoms with Crippen LogP contribution in [0.15, 0.2) is 30.5 Å². The zero-order valence-corrected chi connectivity index (χ0v) is 14.3. The van der Waals surface area contributed by atoms with Gasteiger partial charge in [0.05, 0.1) is 0 Å². The highest BCUT2D eigenvalue weighted by Crippen LogP contribution is 2.26. The molecule has 0 aliphatic heterocycles. The molecule has 0 aliphatic carbocycles. The number of nitrogens with zero attached hydrogens (tertiary/aromatic N) is 1. The van der Waals surface area contributed by atoms with E-state index in [0.29, 0.717) is 0 Å². The molecule has 0 fully saturated rings. The van der Waals surface area contributed by atoms with E-state index in [9.17, 15) is 0 Å². The first kappa shape index (κ1) is 13.1. The number of rotatable bonds is 2. The van der Waals surface area contributed by atoms with Crippen LogP contribution in [0, 0.1) is 26.2 Å². The molecule has 0 aliphatic rings. The topological polar surface area (TPSA) is 3.88 Å². The fraction of sp³-hybridized carbons (Fsp3) is 0.450. The van der Waals surface area contributed by atoms with Gasteiger partial charge < -0.3 is 0 Å². The minimum atomic E-state index is -1.38. The maximum absolute atomic E-state index is 8.56. The molecule has 112 valence electrons. The van der Waals surface area contributed by atoms with Gasteiger partial charge in [-0.05, 0) is 49.8 Å². The summed E-state index contributed by atoms with van der Waals surface area (Å²) in [6.45, 7) is 12.1. The fourth-order valence-corrected chi connectivity index (χ4v) is 2.65. The molecule has 0 saturated heterocycles. The van der Waals surface area contributed by atoms with Gasteiger partial charge in [-0.25, -0.2) is 4.57 Å². The number of pyridine rings is 1. The molecule has 0 radical (unpaired) electrons. The summed E-state index contributed by atoms with van der Waals surface area (Å²) in [6, 6.07) is 8.57. The van der Waals surface area contributed by atoms with Crippen LogP contribution in [0.4, 0.5) is 0 Å². The Balaban J connectivity index is 2.63. The van der Waals surface area contributed by atoms with Gasteiger partial charge in [0.25, 0.3) is 0 Å². The summed E-state index contributed by atoms with van der Waals surface area (Å²) in [5, 5.41) is 0. The predicted octanol–water partition coefficient (Wildman–Crippen LogP) is 4.69.